The van der Waals surface area contributed by atoms with Crippen molar-refractivity contribution in [2.45, 2.75) is 251 Å². The number of nitrogens with one attached hydrogen (secondary N) is 2. The SMILES string of the molecule is C/C=C/C[C@@H](C)C1ON2C(=O)[C@H](C(C)C)N(C)C(=O)[C@H](CC(C)C)CC(=O)[C@H](CC(C)C)N(C)C(=O)[C@@H](C)NC(=O)[C@H](C)CC(=O)[C@H](CC(C)C)N(C)C(=O)[C@H](C(C)C)CC(=O)[C@H](C(C)(C)CN(C)C(=O)[C@@H](CC(=O)OC)C(C)C)CC(=O)[C@@H](C)CC(=O)[C@H](CC)NC(=O)[C@H]12. The van der Waals surface area contributed by atoms with Crippen LogP contribution < -0.4 is 10.6 Å². The number of ether oxygens (including phenoxy) is 1. The van der Waals surface area contributed by atoms with E-state index in [1.807, 2.05) is 67.5 Å². The topological polar surface area (TPSA) is 281 Å². The number of likely N-dealkylation sites (N-methyl/N-ethyl adjacent to an activating group) is 3. The van der Waals surface area contributed by atoms with Gasteiger partial charge in [0.1, 0.15) is 29.8 Å². The molecular weight excluding hydrogens is 1210 g/mol. The average Bonchev–Trinajstić information content (AvgIpc) is 0.758. The zero-order valence-electron chi connectivity index (χ0n) is 62.5. The van der Waals surface area contributed by atoms with E-state index in [0.717, 1.165) is 5.06 Å². The molecule has 2 fully saturated rings. The van der Waals surface area contributed by atoms with Crippen molar-refractivity contribution in [3.63, 3.8) is 0 Å². The zero-order chi connectivity index (χ0) is 73.2. The zero-order valence-corrected chi connectivity index (χ0v) is 62.5. The Labute approximate surface area is 568 Å². The standard InChI is InChI=1S/C73H123N7O15/c1-26-28-29-46(15)65-64-67(88)75-54(27-2)59(83)33-47(16)57(81)38-53(73(19,20)39-76(21)70(91)52(44(11)12)37-62(86)94-25)58(82)36-51(43(9)10)71(92)78(23)55(31-41(5)6)60(84)34-48(17)66(87)74-49(18)68(89)77(22)56(32-42(7)8)61(85)35-50(30-40(3)4)69(90)79(24)63(45(13)14)72(93)80(64)95-65/h26,28,40-56,63-65H,27,29-39H2,1-25H3,(H,74,87)(H,75,88)/b28-26+/t46-,47+,48-,49-,50-,51+,52+,53-,54+,55+,56+,63+,64+,65?/m1/s1. The maximum atomic E-state index is 15.4. The molecule has 7 amide bonds. The van der Waals surface area contributed by atoms with Crippen LogP contribution in [-0.4, -0.2) is 185 Å². The van der Waals surface area contributed by atoms with E-state index in [4.69, 9.17) is 9.57 Å². The Morgan fingerprint density at radius 1 is 0.632 bits per heavy atom. The lowest BCUT2D eigenvalue weighted by atomic mass is 9.70. The van der Waals surface area contributed by atoms with Crippen LogP contribution in [0.2, 0.25) is 0 Å². The summed E-state index contributed by atoms with van der Waals surface area (Å²) in [5.41, 5.74) is -1.18. The van der Waals surface area contributed by atoms with E-state index in [1.54, 1.807) is 83.2 Å². The number of ketones is 5. The first-order valence-electron chi connectivity index (χ1n) is 34.9. The van der Waals surface area contributed by atoms with Crippen molar-refractivity contribution in [3.8, 4) is 0 Å². The number of allylic oxidation sites excluding steroid dienone is 2. The number of Topliss-reactive ketones (excluding diaryl/α,β-unsaturated/α-hetero) is 5. The van der Waals surface area contributed by atoms with Crippen molar-refractivity contribution in [1.29, 1.82) is 0 Å². The summed E-state index contributed by atoms with van der Waals surface area (Å²) in [5, 5.41) is 6.59. The molecule has 2 N–H and O–H groups in total. The van der Waals surface area contributed by atoms with Gasteiger partial charge in [0.25, 0.3) is 5.91 Å². The molecule has 0 aromatic heterocycles. The van der Waals surface area contributed by atoms with Crippen LogP contribution in [0.25, 0.3) is 0 Å². The van der Waals surface area contributed by atoms with Crippen molar-refractivity contribution in [2.75, 3.05) is 41.8 Å². The molecule has 2 saturated heterocycles. The number of esters is 1. The fourth-order valence-electron chi connectivity index (χ4n) is 13.4. The summed E-state index contributed by atoms with van der Waals surface area (Å²) >= 11 is 0. The van der Waals surface area contributed by atoms with E-state index in [1.165, 1.54) is 54.8 Å². The summed E-state index contributed by atoms with van der Waals surface area (Å²) in [6, 6.07) is -6.86. The number of hydrogen-bond acceptors (Lipinski definition) is 15. The highest BCUT2D eigenvalue weighted by molar-refractivity contribution is 6.00. The third-order valence-electron chi connectivity index (χ3n) is 19.4. The number of hydroxylamine groups is 2. The van der Waals surface area contributed by atoms with E-state index < -0.39 is 172 Å². The van der Waals surface area contributed by atoms with Gasteiger partial charge in [0.15, 0.2) is 23.4 Å². The van der Waals surface area contributed by atoms with Crippen LogP contribution in [0.1, 0.15) is 209 Å². The van der Waals surface area contributed by atoms with Gasteiger partial charge in [-0.25, -0.2) is 5.06 Å². The summed E-state index contributed by atoms with van der Waals surface area (Å²) in [5.74, 6) is -14.7. The third-order valence-corrected chi connectivity index (χ3v) is 19.4. The molecule has 0 aromatic carbocycles. The van der Waals surface area contributed by atoms with Gasteiger partial charge in [-0.3, -0.25) is 67.2 Å². The fraction of sp³-hybridized carbons (Fsp3) is 0.795. The monoisotopic (exact) mass is 1340 g/mol. The van der Waals surface area contributed by atoms with E-state index in [-0.39, 0.29) is 99.8 Å². The molecule has 2 aliphatic rings. The number of carbonyl (C=O) groups excluding carboxylic acids is 13. The first-order chi connectivity index (χ1) is 43.9. The number of nitrogens with zero attached hydrogens (tertiary/aromatic N) is 5. The van der Waals surface area contributed by atoms with Gasteiger partial charge < -0.3 is 35.0 Å². The van der Waals surface area contributed by atoms with Gasteiger partial charge in [0, 0.05) is 96.4 Å². The number of rotatable bonds is 19. The summed E-state index contributed by atoms with van der Waals surface area (Å²) in [4.78, 5) is 201. The Morgan fingerprint density at radius 2 is 1.16 bits per heavy atom. The van der Waals surface area contributed by atoms with Crippen molar-refractivity contribution >= 4 is 76.2 Å². The quantitative estimate of drug-likeness (QED) is 0.0904. The van der Waals surface area contributed by atoms with Gasteiger partial charge in [-0.15, -0.1) is 0 Å². The third kappa shape index (κ3) is 23.8. The first kappa shape index (κ1) is 84.9. The molecular formula is C73H123N7O15. The Bertz CT molecular complexity index is 2720. The lowest BCUT2D eigenvalue weighted by Gasteiger charge is -2.50. The molecule has 95 heavy (non-hydrogen) atoms. The molecule has 0 radical (unpaired) electrons. The molecule has 22 heteroatoms. The number of hydrogen-bond donors (Lipinski definition) is 2. The largest absolute Gasteiger partial charge is 0.469 e. The van der Waals surface area contributed by atoms with Crippen LogP contribution in [0.4, 0.5) is 0 Å². The van der Waals surface area contributed by atoms with Crippen molar-refractivity contribution < 1.29 is 71.9 Å². The number of carbonyl (C=O) groups is 13. The van der Waals surface area contributed by atoms with Gasteiger partial charge in [-0.1, -0.05) is 137 Å². The Hall–Kier alpha value is -6.19. The lowest BCUT2D eigenvalue weighted by Crippen LogP contribution is -2.71. The smallest absolute Gasteiger partial charge is 0.306 e. The highest BCUT2D eigenvalue weighted by atomic mass is 16.7. The van der Waals surface area contributed by atoms with E-state index in [9.17, 15) is 43.2 Å². The second kappa shape index (κ2) is 38.1. The maximum Gasteiger partial charge on any atom is 0.306 e. The second-order valence-corrected chi connectivity index (χ2v) is 30.7. The van der Waals surface area contributed by atoms with E-state index in [2.05, 4.69) is 10.6 Å². The van der Waals surface area contributed by atoms with Crippen LogP contribution in [0.5, 0.6) is 0 Å². The first-order valence-corrected chi connectivity index (χ1v) is 34.9. The predicted molar refractivity (Wildman–Crippen MR) is 365 cm³/mol. The molecule has 22 nitrogen and oxygen atoms in total. The molecule has 0 spiro atoms. The Balaban J connectivity index is 3.00. The average molecular weight is 1340 g/mol. The molecule has 2 heterocycles. The summed E-state index contributed by atoms with van der Waals surface area (Å²) < 4.78 is 4.92. The van der Waals surface area contributed by atoms with E-state index >= 15 is 19.2 Å². The minimum absolute atomic E-state index is 0.0715. The molecule has 0 saturated carbocycles. The fourth-order valence-corrected chi connectivity index (χ4v) is 13.4. The number of fused-ring (bicyclic) bond motifs is 1. The molecule has 540 valence electrons. The molecule has 1 unspecified atom stereocenters. The van der Waals surface area contributed by atoms with Crippen molar-refractivity contribution in [2.24, 2.45) is 82.3 Å². The van der Waals surface area contributed by atoms with Crippen LogP contribution in [0.3, 0.4) is 0 Å². The molecule has 14 atom stereocenters. The lowest BCUT2D eigenvalue weighted by molar-refractivity contribution is -0.321. The highest BCUT2D eigenvalue weighted by Gasteiger charge is 2.54. The van der Waals surface area contributed by atoms with Gasteiger partial charge in [-0.2, -0.15) is 0 Å². The van der Waals surface area contributed by atoms with Gasteiger partial charge >= 0.3 is 5.97 Å². The maximum absolute atomic E-state index is 15.4. The highest BCUT2D eigenvalue weighted by Crippen LogP contribution is 2.38. The number of methoxy groups -OCH3 is 1. The second-order valence-electron chi connectivity index (χ2n) is 30.7. The minimum atomic E-state index is -1.27. The molecule has 0 aliphatic carbocycles. The van der Waals surface area contributed by atoms with Crippen LogP contribution in [0.15, 0.2) is 12.2 Å². The van der Waals surface area contributed by atoms with Crippen LogP contribution >= 0.6 is 0 Å². The Kier molecular flexibility index (Phi) is 34.0. The van der Waals surface area contributed by atoms with Crippen molar-refractivity contribution in [1.82, 2.24) is 35.3 Å². The number of amides is 7. The van der Waals surface area contributed by atoms with Crippen LogP contribution in [-0.2, 0) is 71.9 Å². The van der Waals surface area contributed by atoms with Gasteiger partial charge in [-0.05, 0) is 92.8 Å². The van der Waals surface area contributed by atoms with Crippen LogP contribution in [0, 0.1) is 82.3 Å². The molecule has 2 rings (SSSR count). The predicted octanol–water partition coefficient (Wildman–Crippen LogP) is 8.68. The molecule has 0 aromatic rings. The Morgan fingerprint density at radius 3 is 1.64 bits per heavy atom. The van der Waals surface area contributed by atoms with Crippen molar-refractivity contribution in [3.05, 3.63) is 12.2 Å². The molecule has 2 aliphatic heterocycles. The molecule has 0 bridgehead atoms. The summed E-state index contributed by atoms with van der Waals surface area (Å²) in [6.45, 7) is 35.5. The summed E-state index contributed by atoms with van der Waals surface area (Å²) in [6.07, 6.45) is 2.19. The minimum Gasteiger partial charge on any atom is -0.469 e. The van der Waals surface area contributed by atoms with Gasteiger partial charge in [0.05, 0.1) is 37.6 Å². The van der Waals surface area contributed by atoms with E-state index in [0.29, 0.717) is 6.42 Å². The van der Waals surface area contributed by atoms with Gasteiger partial charge in [0.2, 0.25) is 35.4 Å². The normalized spacial score (nSPS) is 27.5. The summed E-state index contributed by atoms with van der Waals surface area (Å²) in [7, 11) is 7.24.